The summed E-state index contributed by atoms with van der Waals surface area (Å²) in [6.07, 6.45) is -0.603. The first-order valence-electron chi connectivity index (χ1n) is 8.48. The van der Waals surface area contributed by atoms with Gasteiger partial charge in [0.15, 0.2) is 0 Å². The molecule has 2 aliphatic rings. The van der Waals surface area contributed by atoms with Crippen molar-refractivity contribution in [2.24, 2.45) is 11.3 Å². The van der Waals surface area contributed by atoms with Gasteiger partial charge in [0.1, 0.15) is 12.0 Å². The van der Waals surface area contributed by atoms with E-state index in [1.165, 1.54) is 0 Å². The topological polar surface area (TPSA) is 122 Å². The van der Waals surface area contributed by atoms with E-state index in [1.54, 1.807) is 17.1 Å². The van der Waals surface area contributed by atoms with E-state index < -0.39 is 23.5 Å². The molecule has 0 saturated heterocycles. The number of rotatable bonds is 4. The average Bonchev–Trinajstić information content (AvgIpc) is 3.02. The number of para-hydroxylation sites is 1. The molecule has 8 nitrogen and oxygen atoms in total. The number of benzene rings is 1. The van der Waals surface area contributed by atoms with Gasteiger partial charge in [-0.05, 0) is 30.9 Å². The maximum Gasteiger partial charge on any atom is 0.490 e. The van der Waals surface area contributed by atoms with Crippen LogP contribution in [-0.4, -0.2) is 49.8 Å². The zero-order chi connectivity index (χ0) is 21.4. The third kappa shape index (κ3) is 4.08. The number of fused-ring (bicyclic) bond motifs is 1. The molecule has 0 bridgehead atoms. The van der Waals surface area contributed by atoms with E-state index in [1.807, 2.05) is 30.3 Å². The molecule has 11 heteroatoms. The predicted molar refractivity (Wildman–Crippen MR) is 91.3 cm³/mol. The number of imidazole rings is 1. The zero-order valence-electron chi connectivity index (χ0n) is 14.8. The van der Waals surface area contributed by atoms with Gasteiger partial charge in [-0.3, -0.25) is 9.59 Å². The first-order valence-corrected chi connectivity index (χ1v) is 8.48. The second kappa shape index (κ2) is 7.22. The fourth-order valence-corrected chi connectivity index (χ4v) is 3.38. The molecule has 29 heavy (non-hydrogen) atoms. The van der Waals surface area contributed by atoms with Gasteiger partial charge in [-0.15, -0.1) is 0 Å². The highest BCUT2D eigenvalue weighted by Gasteiger charge is 2.72. The van der Waals surface area contributed by atoms with Crippen molar-refractivity contribution in [1.29, 1.82) is 0 Å². The van der Waals surface area contributed by atoms with Gasteiger partial charge >= 0.3 is 18.1 Å². The van der Waals surface area contributed by atoms with Gasteiger partial charge in [0.2, 0.25) is 0 Å². The van der Waals surface area contributed by atoms with Gasteiger partial charge in [-0.25, -0.2) is 9.78 Å². The number of carbonyl (C=O) groups is 3. The second-order valence-electron chi connectivity index (χ2n) is 6.86. The van der Waals surface area contributed by atoms with Gasteiger partial charge < -0.3 is 20.1 Å². The van der Waals surface area contributed by atoms with Crippen molar-refractivity contribution in [3.05, 3.63) is 48.5 Å². The van der Waals surface area contributed by atoms with Crippen LogP contribution >= 0.6 is 0 Å². The lowest BCUT2D eigenvalue weighted by Gasteiger charge is -2.31. The molecule has 0 radical (unpaired) electrons. The van der Waals surface area contributed by atoms with Crippen LogP contribution < -0.4 is 5.32 Å². The summed E-state index contributed by atoms with van der Waals surface area (Å²) >= 11 is 0. The number of hydrogen-bond donors (Lipinski definition) is 3. The Morgan fingerprint density at radius 2 is 1.76 bits per heavy atom. The molecule has 3 atom stereocenters. The lowest BCUT2D eigenvalue weighted by Crippen LogP contribution is -2.48. The van der Waals surface area contributed by atoms with Crippen molar-refractivity contribution >= 4 is 17.8 Å². The van der Waals surface area contributed by atoms with E-state index >= 15 is 0 Å². The fraction of sp³-hybridized carbons (Fsp3) is 0.333. The van der Waals surface area contributed by atoms with Crippen LogP contribution in [0.4, 0.5) is 13.2 Å². The predicted octanol–water partition coefficient (Wildman–Crippen LogP) is 2.10. The molecule has 2 saturated carbocycles. The molecule has 1 amide bonds. The van der Waals surface area contributed by atoms with Crippen LogP contribution in [0.5, 0.6) is 0 Å². The van der Waals surface area contributed by atoms with E-state index in [4.69, 9.17) is 15.0 Å². The van der Waals surface area contributed by atoms with Gasteiger partial charge in [0, 0.05) is 17.9 Å². The maximum absolute atomic E-state index is 12.2. The summed E-state index contributed by atoms with van der Waals surface area (Å²) in [4.78, 5) is 36.3. The Morgan fingerprint density at radius 1 is 1.14 bits per heavy atom. The Balaban J connectivity index is 0.000000298. The number of aliphatic carboxylic acids is 2. The first kappa shape index (κ1) is 20.4. The number of aromatic nitrogens is 2. The molecule has 1 heterocycles. The van der Waals surface area contributed by atoms with Crippen molar-refractivity contribution in [2.75, 3.05) is 0 Å². The van der Waals surface area contributed by atoms with Crippen LogP contribution in [0.25, 0.3) is 5.69 Å². The lowest BCUT2D eigenvalue weighted by atomic mass is 9.80. The molecule has 1 aromatic carbocycles. The van der Waals surface area contributed by atoms with Crippen LogP contribution in [-0.2, 0) is 9.59 Å². The Hall–Kier alpha value is -3.37. The Bertz CT molecular complexity index is 944. The zero-order valence-corrected chi connectivity index (χ0v) is 14.8. The second-order valence-corrected chi connectivity index (χ2v) is 6.86. The minimum absolute atomic E-state index is 0.0366. The summed E-state index contributed by atoms with van der Waals surface area (Å²) in [7, 11) is 0. The molecule has 2 aliphatic carbocycles. The fourth-order valence-electron chi connectivity index (χ4n) is 3.38. The summed E-state index contributed by atoms with van der Waals surface area (Å²) in [5.41, 5.74) is 0.726. The molecule has 2 fully saturated rings. The van der Waals surface area contributed by atoms with Crippen molar-refractivity contribution in [3.63, 3.8) is 0 Å². The molecule has 0 unspecified atom stereocenters. The molecule has 4 rings (SSSR count). The van der Waals surface area contributed by atoms with Crippen molar-refractivity contribution < 1.29 is 37.8 Å². The molecular formula is C18H16F3N3O5. The van der Waals surface area contributed by atoms with E-state index in [9.17, 15) is 22.8 Å². The summed E-state index contributed by atoms with van der Waals surface area (Å²) in [6, 6.07) is 9.59. The molecule has 3 N–H and O–H groups in total. The van der Waals surface area contributed by atoms with E-state index in [0.29, 0.717) is 18.5 Å². The monoisotopic (exact) mass is 411 g/mol. The normalized spacial score (nSPS) is 24.2. The summed E-state index contributed by atoms with van der Waals surface area (Å²) < 4.78 is 33.5. The maximum atomic E-state index is 12.2. The smallest absolute Gasteiger partial charge is 0.481 e. The summed E-state index contributed by atoms with van der Waals surface area (Å²) in [6.45, 7) is 0. The minimum Gasteiger partial charge on any atom is -0.481 e. The first-order chi connectivity index (χ1) is 13.5. The number of amides is 1. The SMILES string of the molecule is O=C(N[C@@H]1C[C@@]2(C(=O)O)C[C@@H]12)c1cn(-c2ccccc2)cn1.O=C(O)C(F)(F)F. The van der Waals surface area contributed by atoms with Gasteiger partial charge in [0.25, 0.3) is 5.91 Å². The highest BCUT2D eigenvalue weighted by atomic mass is 19.4. The van der Waals surface area contributed by atoms with Crippen LogP contribution in [0.15, 0.2) is 42.9 Å². The molecule has 0 spiro atoms. The number of nitrogens with zero attached hydrogens (tertiary/aromatic N) is 2. The Morgan fingerprint density at radius 3 is 2.24 bits per heavy atom. The van der Waals surface area contributed by atoms with Crippen LogP contribution in [0.2, 0.25) is 0 Å². The van der Waals surface area contributed by atoms with Crippen molar-refractivity contribution in [2.45, 2.75) is 25.1 Å². The Kier molecular flexibility index (Phi) is 5.07. The van der Waals surface area contributed by atoms with E-state index in [-0.39, 0.29) is 17.9 Å². The largest absolute Gasteiger partial charge is 0.490 e. The van der Waals surface area contributed by atoms with Crippen molar-refractivity contribution in [3.8, 4) is 5.69 Å². The number of alkyl halides is 3. The molecular weight excluding hydrogens is 395 g/mol. The quantitative estimate of drug-likeness (QED) is 0.709. The number of hydrogen-bond acceptors (Lipinski definition) is 4. The van der Waals surface area contributed by atoms with E-state index in [2.05, 4.69) is 10.3 Å². The Labute approximate surface area is 162 Å². The lowest BCUT2D eigenvalue weighted by molar-refractivity contribution is -0.192. The highest BCUT2D eigenvalue weighted by Crippen LogP contribution is 2.67. The molecule has 154 valence electrons. The number of carboxylic acids is 2. The van der Waals surface area contributed by atoms with Crippen molar-refractivity contribution in [1.82, 2.24) is 14.9 Å². The standard InChI is InChI=1S/C16H15N3O3.C2HF3O2/c20-14(18-12-7-16(15(21)22)6-11(12)16)13-8-19(9-17-13)10-4-2-1-3-5-10;3-2(4,5)1(6)7/h1-5,8-9,11-12H,6-7H2,(H,18,20)(H,21,22);(H,6,7)/t11-,12+,16-;/m0./s1. The van der Waals surface area contributed by atoms with Gasteiger partial charge in [-0.2, -0.15) is 13.2 Å². The third-order valence-corrected chi connectivity index (χ3v) is 5.06. The number of carboxylic acid groups (broad SMARTS) is 2. The van der Waals surface area contributed by atoms with E-state index in [0.717, 1.165) is 5.69 Å². The number of nitrogens with one attached hydrogen (secondary N) is 1. The minimum atomic E-state index is -5.08. The van der Waals surface area contributed by atoms with Crippen LogP contribution in [0, 0.1) is 11.3 Å². The summed E-state index contributed by atoms with van der Waals surface area (Å²) in [5.74, 6) is -3.65. The van der Waals surface area contributed by atoms with Crippen LogP contribution in [0.3, 0.4) is 0 Å². The molecule has 2 aromatic rings. The number of halogens is 3. The van der Waals surface area contributed by atoms with Gasteiger partial charge in [-0.1, -0.05) is 18.2 Å². The van der Waals surface area contributed by atoms with Crippen LogP contribution in [0.1, 0.15) is 23.3 Å². The van der Waals surface area contributed by atoms with Gasteiger partial charge in [0.05, 0.1) is 5.41 Å². The molecule has 0 aliphatic heterocycles. The third-order valence-electron chi connectivity index (χ3n) is 5.06. The highest BCUT2D eigenvalue weighted by molar-refractivity contribution is 5.93. The summed E-state index contributed by atoms with van der Waals surface area (Å²) in [5, 5.41) is 19.1. The number of carbonyl (C=O) groups excluding carboxylic acids is 1. The molecule has 1 aromatic heterocycles. The average molecular weight is 411 g/mol.